The summed E-state index contributed by atoms with van der Waals surface area (Å²) >= 11 is 0. The van der Waals surface area contributed by atoms with Crippen LogP contribution in [0, 0.1) is 5.92 Å². The summed E-state index contributed by atoms with van der Waals surface area (Å²) in [5, 5.41) is 0. The molecule has 0 bridgehead atoms. The number of esters is 1. The number of hydrogen-bond acceptors (Lipinski definition) is 4. The predicted molar refractivity (Wildman–Crippen MR) is 85.3 cm³/mol. The molecule has 4 heteroatoms. The number of carbonyl (C=O) groups excluding carboxylic acids is 2. The van der Waals surface area contributed by atoms with Gasteiger partial charge in [-0.15, -0.1) is 0 Å². The molecule has 0 spiro atoms. The van der Waals surface area contributed by atoms with Gasteiger partial charge in [-0.1, -0.05) is 30.3 Å². The van der Waals surface area contributed by atoms with Crippen LogP contribution < -0.4 is 0 Å². The first-order valence-corrected chi connectivity index (χ1v) is 7.65. The molecule has 0 fully saturated rings. The Hall–Kier alpha value is -1.68. The summed E-state index contributed by atoms with van der Waals surface area (Å²) in [6, 6.07) is 9.55. The molecule has 0 N–H and O–H groups in total. The minimum absolute atomic E-state index is 0.250. The van der Waals surface area contributed by atoms with E-state index in [1.165, 1.54) is 0 Å². The molecular formula is C18H26O4. The zero-order chi connectivity index (χ0) is 16.6. The van der Waals surface area contributed by atoms with E-state index in [2.05, 4.69) is 0 Å². The molecule has 0 saturated carbocycles. The highest BCUT2D eigenvalue weighted by Gasteiger charge is 2.29. The van der Waals surface area contributed by atoms with Gasteiger partial charge < -0.3 is 14.3 Å². The predicted octanol–water partition coefficient (Wildman–Crippen LogP) is 3.53. The first kappa shape index (κ1) is 18.4. The Balaban J connectivity index is 2.60. The fourth-order valence-electron chi connectivity index (χ4n) is 2.11. The van der Waals surface area contributed by atoms with Crippen LogP contribution in [0.1, 0.15) is 46.1 Å². The lowest BCUT2D eigenvalue weighted by atomic mass is 9.99. The lowest BCUT2D eigenvalue weighted by Crippen LogP contribution is -2.36. The van der Waals surface area contributed by atoms with Crippen molar-refractivity contribution < 1.29 is 19.1 Å². The normalized spacial score (nSPS) is 14.2. The first-order chi connectivity index (χ1) is 10.3. The van der Waals surface area contributed by atoms with Gasteiger partial charge in [0.1, 0.15) is 12.9 Å². The number of rotatable bonds is 8. The molecule has 0 aliphatic rings. The van der Waals surface area contributed by atoms with E-state index in [9.17, 15) is 9.59 Å². The second-order valence-electron chi connectivity index (χ2n) is 6.39. The third kappa shape index (κ3) is 6.85. The van der Waals surface area contributed by atoms with Crippen molar-refractivity contribution in [2.24, 2.45) is 5.92 Å². The lowest BCUT2D eigenvalue weighted by Gasteiger charge is -2.30. The van der Waals surface area contributed by atoms with Gasteiger partial charge in [-0.3, -0.25) is 4.79 Å². The quantitative estimate of drug-likeness (QED) is 0.544. The highest BCUT2D eigenvalue weighted by atomic mass is 16.5. The Bertz CT molecular complexity index is 462. The molecule has 0 unspecified atom stereocenters. The van der Waals surface area contributed by atoms with Crippen LogP contribution in [0.3, 0.4) is 0 Å². The Labute approximate surface area is 132 Å². The molecule has 1 aromatic rings. The molecule has 1 aromatic carbocycles. The minimum atomic E-state index is -0.414. The maximum atomic E-state index is 12.2. The summed E-state index contributed by atoms with van der Waals surface area (Å²) in [5.74, 6) is -0.716. The van der Waals surface area contributed by atoms with Crippen LogP contribution in [0.5, 0.6) is 0 Å². The van der Waals surface area contributed by atoms with E-state index in [4.69, 9.17) is 9.47 Å². The number of ether oxygens (including phenoxy) is 2. The van der Waals surface area contributed by atoms with Crippen LogP contribution in [0.4, 0.5) is 0 Å². The molecule has 4 nitrogen and oxygen atoms in total. The summed E-state index contributed by atoms with van der Waals surface area (Å²) in [6.07, 6.45) is 1.41. The maximum Gasteiger partial charge on any atom is 0.311 e. The third-order valence-corrected chi connectivity index (χ3v) is 3.23. The topological polar surface area (TPSA) is 52.6 Å². The number of benzene rings is 1. The highest BCUT2D eigenvalue weighted by Crippen LogP contribution is 2.22. The summed E-state index contributed by atoms with van der Waals surface area (Å²) in [5.41, 5.74) is 0.575. The molecule has 0 saturated heterocycles. The smallest absolute Gasteiger partial charge is 0.311 e. The van der Waals surface area contributed by atoms with Gasteiger partial charge in [-0.05, 0) is 39.7 Å². The van der Waals surface area contributed by atoms with E-state index in [-0.39, 0.29) is 24.3 Å². The van der Waals surface area contributed by atoms with Gasteiger partial charge in [0.2, 0.25) is 0 Å². The second kappa shape index (κ2) is 8.69. The van der Waals surface area contributed by atoms with Crippen molar-refractivity contribution in [1.29, 1.82) is 0 Å². The summed E-state index contributed by atoms with van der Waals surface area (Å²) in [4.78, 5) is 22.8. The van der Waals surface area contributed by atoms with Crippen molar-refractivity contribution in [3.63, 3.8) is 0 Å². The van der Waals surface area contributed by atoms with Crippen LogP contribution in [0.15, 0.2) is 30.3 Å². The second-order valence-corrected chi connectivity index (χ2v) is 6.39. The van der Waals surface area contributed by atoms with Crippen molar-refractivity contribution in [2.45, 2.75) is 58.8 Å². The van der Waals surface area contributed by atoms with E-state index in [0.29, 0.717) is 12.8 Å². The van der Waals surface area contributed by atoms with Crippen molar-refractivity contribution in [3.8, 4) is 0 Å². The SMILES string of the molecule is C[C@H](C(=O)OCc1ccccc1)[C@H](CCC=O)OC(C)(C)C. The fraction of sp³-hybridized carbons (Fsp3) is 0.556. The average molecular weight is 306 g/mol. The van der Waals surface area contributed by atoms with Crippen LogP contribution in [0.2, 0.25) is 0 Å². The molecular weight excluding hydrogens is 280 g/mol. The maximum absolute atomic E-state index is 12.2. The monoisotopic (exact) mass is 306 g/mol. The fourth-order valence-corrected chi connectivity index (χ4v) is 2.11. The third-order valence-electron chi connectivity index (χ3n) is 3.23. The van der Waals surface area contributed by atoms with Crippen LogP contribution in [-0.2, 0) is 25.7 Å². The highest BCUT2D eigenvalue weighted by molar-refractivity contribution is 5.72. The summed E-state index contributed by atoms with van der Waals surface area (Å²) in [6.45, 7) is 7.84. The van der Waals surface area contributed by atoms with E-state index in [0.717, 1.165) is 11.8 Å². The van der Waals surface area contributed by atoms with E-state index in [1.54, 1.807) is 6.92 Å². The van der Waals surface area contributed by atoms with E-state index < -0.39 is 5.92 Å². The first-order valence-electron chi connectivity index (χ1n) is 7.65. The molecule has 0 heterocycles. The van der Waals surface area contributed by atoms with Gasteiger partial charge in [-0.2, -0.15) is 0 Å². The summed E-state index contributed by atoms with van der Waals surface area (Å²) in [7, 11) is 0. The van der Waals surface area contributed by atoms with Crippen LogP contribution in [-0.4, -0.2) is 24.0 Å². The molecule has 0 amide bonds. The van der Waals surface area contributed by atoms with Gasteiger partial charge >= 0.3 is 5.97 Å². The summed E-state index contributed by atoms with van der Waals surface area (Å²) < 4.78 is 11.3. The molecule has 22 heavy (non-hydrogen) atoms. The standard InChI is InChI=1S/C18H26O4/c1-14(16(11-8-12-19)22-18(2,3)4)17(20)21-13-15-9-6-5-7-10-15/h5-7,9-10,12,14,16H,8,11,13H2,1-4H3/t14-,16-/m0/s1. The Morgan fingerprint density at radius 3 is 2.41 bits per heavy atom. The van der Waals surface area contributed by atoms with Gasteiger partial charge in [0.15, 0.2) is 0 Å². The van der Waals surface area contributed by atoms with Crippen molar-refractivity contribution >= 4 is 12.3 Å². The molecule has 0 aromatic heterocycles. The minimum Gasteiger partial charge on any atom is -0.461 e. The number of carbonyl (C=O) groups is 2. The van der Waals surface area contributed by atoms with Gasteiger partial charge in [0, 0.05) is 6.42 Å². The number of aldehydes is 1. The van der Waals surface area contributed by atoms with Gasteiger partial charge in [0.25, 0.3) is 0 Å². The molecule has 122 valence electrons. The molecule has 0 aliphatic heterocycles. The van der Waals surface area contributed by atoms with Gasteiger partial charge in [0.05, 0.1) is 17.6 Å². The Morgan fingerprint density at radius 1 is 1.23 bits per heavy atom. The Kier molecular flexibility index (Phi) is 7.25. The van der Waals surface area contributed by atoms with Gasteiger partial charge in [-0.25, -0.2) is 0 Å². The molecule has 2 atom stereocenters. The zero-order valence-corrected chi connectivity index (χ0v) is 13.9. The average Bonchev–Trinajstić information content (AvgIpc) is 2.48. The zero-order valence-electron chi connectivity index (χ0n) is 13.9. The molecule has 0 aliphatic carbocycles. The molecule has 1 rings (SSSR count). The van der Waals surface area contributed by atoms with Crippen LogP contribution in [0.25, 0.3) is 0 Å². The van der Waals surface area contributed by atoms with Crippen molar-refractivity contribution in [2.75, 3.05) is 0 Å². The van der Waals surface area contributed by atoms with Crippen molar-refractivity contribution in [1.82, 2.24) is 0 Å². The van der Waals surface area contributed by atoms with Crippen LogP contribution >= 0.6 is 0 Å². The van der Waals surface area contributed by atoms with E-state index >= 15 is 0 Å². The Morgan fingerprint density at radius 2 is 1.86 bits per heavy atom. The van der Waals surface area contributed by atoms with Crippen molar-refractivity contribution in [3.05, 3.63) is 35.9 Å². The molecule has 0 radical (unpaired) electrons. The largest absolute Gasteiger partial charge is 0.461 e. The van der Waals surface area contributed by atoms with E-state index in [1.807, 2.05) is 51.1 Å². The lowest BCUT2D eigenvalue weighted by molar-refractivity contribution is -0.160. The number of hydrogen-bond donors (Lipinski definition) is 0.